The molecule has 0 aromatic heterocycles. The van der Waals surface area contributed by atoms with Crippen LogP contribution in [0.5, 0.6) is 0 Å². The average molecular weight is 328 g/mol. The maximum atomic E-state index is 12.4. The van der Waals surface area contributed by atoms with Crippen LogP contribution in [0.4, 0.5) is 5.69 Å². The highest BCUT2D eigenvalue weighted by molar-refractivity contribution is 6.40. The summed E-state index contributed by atoms with van der Waals surface area (Å²) in [5.41, 5.74) is 0.305. The van der Waals surface area contributed by atoms with Gasteiger partial charge in [0.2, 0.25) is 5.91 Å². The van der Waals surface area contributed by atoms with E-state index >= 15 is 0 Å². The summed E-state index contributed by atoms with van der Waals surface area (Å²) in [6.45, 7) is 0. The van der Waals surface area contributed by atoms with E-state index in [-0.39, 0.29) is 27.4 Å². The lowest BCUT2D eigenvalue weighted by Crippen LogP contribution is -2.27. The van der Waals surface area contributed by atoms with Crippen molar-refractivity contribution in [3.63, 3.8) is 0 Å². The Morgan fingerprint density at radius 3 is 2.29 bits per heavy atom. The molecule has 0 spiro atoms. The van der Waals surface area contributed by atoms with Crippen LogP contribution in [0.15, 0.2) is 12.1 Å². The van der Waals surface area contributed by atoms with Gasteiger partial charge in [-0.3, -0.25) is 4.79 Å². The molecule has 0 radical (unpaired) electrons. The zero-order valence-corrected chi connectivity index (χ0v) is 12.7. The number of carbonyl (C=O) groups excluding carboxylic acids is 1. The summed E-state index contributed by atoms with van der Waals surface area (Å²) in [6, 6.07) is 2.60. The normalized spacial score (nSPS) is 26.9. The van der Waals surface area contributed by atoms with Crippen LogP contribution in [0.3, 0.4) is 0 Å². The number of carbonyl (C=O) groups is 2. The molecule has 1 aromatic rings. The van der Waals surface area contributed by atoms with Crippen LogP contribution >= 0.6 is 23.2 Å². The van der Waals surface area contributed by atoms with Gasteiger partial charge in [-0.25, -0.2) is 4.79 Å². The van der Waals surface area contributed by atoms with Gasteiger partial charge in [-0.1, -0.05) is 29.6 Å². The Bertz CT molecular complexity index is 594. The number of rotatable bonds is 3. The second-order valence-electron chi connectivity index (χ2n) is 5.89. The van der Waals surface area contributed by atoms with Crippen LogP contribution in [0.1, 0.15) is 36.0 Å². The maximum Gasteiger partial charge on any atom is 0.335 e. The molecule has 3 unspecified atom stereocenters. The molecule has 0 saturated heterocycles. The van der Waals surface area contributed by atoms with E-state index < -0.39 is 5.97 Å². The Kier molecular flexibility index (Phi) is 3.84. The largest absolute Gasteiger partial charge is 0.478 e. The number of anilines is 1. The molecule has 6 heteroatoms. The van der Waals surface area contributed by atoms with Gasteiger partial charge in [0.15, 0.2) is 0 Å². The Hall–Kier alpha value is -1.26. The topological polar surface area (TPSA) is 66.4 Å². The zero-order valence-electron chi connectivity index (χ0n) is 11.2. The zero-order chi connectivity index (χ0) is 15.1. The molecular weight excluding hydrogens is 313 g/mol. The quantitative estimate of drug-likeness (QED) is 0.879. The van der Waals surface area contributed by atoms with Crippen molar-refractivity contribution in [3.8, 4) is 0 Å². The number of hydrogen-bond donors (Lipinski definition) is 2. The lowest BCUT2D eigenvalue weighted by Gasteiger charge is -2.21. The number of amides is 1. The molecule has 1 aromatic carbocycles. The first-order valence-electron chi connectivity index (χ1n) is 6.99. The third-order valence-electron chi connectivity index (χ3n) is 4.61. The Morgan fingerprint density at radius 2 is 1.81 bits per heavy atom. The van der Waals surface area contributed by atoms with Gasteiger partial charge in [0.25, 0.3) is 0 Å². The van der Waals surface area contributed by atoms with Crippen molar-refractivity contribution in [2.75, 3.05) is 5.32 Å². The van der Waals surface area contributed by atoms with Gasteiger partial charge >= 0.3 is 5.97 Å². The van der Waals surface area contributed by atoms with Crippen molar-refractivity contribution >= 4 is 40.8 Å². The molecule has 2 aliphatic rings. The van der Waals surface area contributed by atoms with Crippen molar-refractivity contribution in [2.24, 2.45) is 17.8 Å². The molecule has 112 valence electrons. The molecule has 2 saturated carbocycles. The van der Waals surface area contributed by atoms with E-state index in [9.17, 15) is 9.59 Å². The highest BCUT2D eigenvalue weighted by atomic mass is 35.5. The predicted octanol–water partition coefficient (Wildman–Crippen LogP) is 4.07. The van der Waals surface area contributed by atoms with E-state index in [0.29, 0.717) is 17.5 Å². The molecule has 0 heterocycles. The fourth-order valence-corrected chi connectivity index (χ4v) is 4.18. The van der Waals surface area contributed by atoms with E-state index in [0.717, 1.165) is 19.3 Å². The van der Waals surface area contributed by atoms with Gasteiger partial charge < -0.3 is 10.4 Å². The number of benzene rings is 1. The number of halogens is 2. The second kappa shape index (κ2) is 5.50. The van der Waals surface area contributed by atoms with E-state index in [4.69, 9.17) is 28.3 Å². The van der Waals surface area contributed by atoms with Crippen molar-refractivity contribution in [2.45, 2.75) is 25.7 Å². The number of hydrogen-bond acceptors (Lipinski definition) is 2. The first-order valence-corrected chi connectivity index (χ1v) is 7.74. The fraction of sp³-hybridized carbons (Fsp3) is 0.467. The molecule has 3 atom stereocenters. The van der Waals surface area contributed by atoms with Crippen molar-refractivity contribution in [3.05, 3.63) is 27.7 Å². The molecule has 21 heavy (non-hydrogen) atoms. The molecule has 2 bridgehead atoms. The third-order valence-corrected chi connectivity index (χ3v) is 5.21. The lowest BCUT2D eigenvalue weighted by molar-refractivity contribution is -0.121. The molecule has 3 rings (SSSR count). The summed E-state index contributed by atoms with van der Waals surface area (Å²) in [5, 5.41) is 12.0. The third kappa shape index (κ3) is 2.74. The van der Waals surface area contributed by atoms with Crippen LogP contribution in [-0.2, 0) is 4.79 Å². The van der Waals surface area contributed by atoms with Gasteiger partial charge in [-0.2, -0.15) is 0 Å². The van der Waals surface area contributed by atoms with Gasteiger partial charge in [0.1, 0.15) is 0 Å². The monoisotopic (exact) mass is 327 g/mol. The first-order chi connectivity index (χ1) is 9.95. The minimum atomic E-state index is -1.11. The maximum absolute atomic E-state index is 12.4. The molecule has 4 nitrogen and oxygen atoms in total. The van der Waals surface area contributed by atoms with E-state index in [1.165, 1.54) is 18.6 Å². The highest BCUT2D eigenvalue weighted by Crippen LogP contribution is 2.48. The molecule has 1 amide bonds. The van der Waals surface area contributed by atoms with Gasteiger partial charge in [-0.15, -0.1) is 0 Å². The Balaban J connectivity index is 1.78. The number of carboxylic acids is 1. The van der Waals surface area contributed by atoms with E-state index in [1.807, 2.05) is 0 Å². The average Bonchev–Trinajstić information content (AvgIpc) is 3.04. The minimum Gasteiger partial charge on any atom is -0.478 e. The molecule has 2 N–H and O–H groups in total. The number of carboxylic acid groups (broad SMARTS) is 1. The van der Waals surface area contributed by atoms with E-state index in [1.54, 1.807) is 0 Å². The molecular formula is C15H15Cl2NO3. The van der Waals surface area contributed by atoms with Gasteiger partial charge in [0, 0.05) is 5.92 Å². The molecule has 2 fully saturated rings. The molecule has 0 aliphatic heterocycles. The molecule has 2 aliphatic carbocycles. The highest BCUT2D eigenvalue weighted by Gasteiger charge is 2.43. The SMILES string of the molecule is O=C(O)c1cc(Cl)c(NC(=O)C2CC3CCC2C3)c(Cl)c1. The summed E-state index contributed by atoms with van der Waals surface area (Å²) in [4.78, 5) is 23.3. The number of aromatic carboxylic acids is 1. The second-order valence-corrected chi connectivity index (χ2v) is 6.71. The summed E-state index contributed by atoms with van der Waals surface area (Å²) in [7, 11) is 0. The van der Waals surface area contributed by atoms with Crippen molar-refractivity contribution in [1.29, 1.82) is 0 Å². The van der Waals surface area contributed by atoms with E-state index in [2.05, 4.69) is 5.32 Å². The summed E-state index contributed by atoms with van der Waals surface area (Å²) in [6.07, 6.45) is 4.40. The van der Waals surface area contributed by atoms with Crippen molar-refractivity contribution < 1.29 is 14.7 Å². The smallest absolute Gasteiger partial charge is 0.335 e. The van der Waals surface area contributed by atoms with Gasteiger partial charge in [-0.05, 0) is 43.2 Å². The Labute approximate surface area is 132 Å². The Morgan fingerprint density at radius 1 is 1.14 bits per heavy atom. The lowest BCUT2D eigenvalue weighted by atomic mass is 9.88. The summed E-state index contributed by atoms with van der Waals surface area (Å²) in [5.74, 6) is -0.00851. The van der Waals surface area contributed by atoms with Crippen LogP contribution in [0.2, 0.25) is 10.0 Å². The minimum absolute atomic E-state index is 0.00271. The van der Waals surface area contributed by atoms with Crippen LogP contribution in [0, 0.1) is 17.8 Å². The van der Waals surface area contributed by atoms with Gasteiger partial charge in [0.05, 0.1) is 21.3 Å². The van der Waals surface area contributed by atoms with Crippen LogP contribution < -0.4 is 5.32 Å². The summed E-state index contributed by atoms with van der Waals surface area (Å²) < 4.78 is 0. The summed E-state index contributed by atoms with van der Waals surface area (Å²) >= 11 is 12.1. The number of nitrogens with one attached hydrogen (secondary N) is 1. The fourth-order valence-electron chi connectivity index (χ4n) is 3.60. The first kappa shape index (κ1) is 14.7. The predicted molar refractivity (Wildman–Crippen MR) is 81.0 cm³/mol. The van der Waals surface area contributed by atoms with Crippen LogP contribution in [-0.4, -0.2) is 17.0 Å². The standard InChI is InChI=1S/C15H15Cl2NO3/c16-11-5-9(15(20)21)6-12(17)13(11)18-14(19)10-4-7-1-2-8(10)3-7/h5-8,10H,1-4H2,(H,18,19)(H,20,21). The van der Waals surface area contributed by atoms with Crippen LogP contribution in [0.25, 0.3) is 0 Å². The number of fused-ring (bicyclic) bond motifs is 2. The van der Waals surface area contributed by atoms with Crippen molar-refractivity contribution in [1.82, 2.24) is 0 Å².